The van der Waals surface area contributed by atoms with Crippen molar-refractivity contribution in [3.05, 3.63) is 59.7 Å². The minimum atomic E-state index is -0.740. The number of ketones is 1. The summed E-state index contributed by atoms with van der Waals surface area (Å²) in [7, 11) is 0. The Hall–Kier alpha value is -3.48. The second-order valence-corrected chi connectivity index (χ2v) is 7.42. The Morgan fingerprint density at radius 1 is 1.03 bits per heavy atom. The van der Waals surface area contributed by atoms with Crippen LogP contribution in [0.15, 0.2) is 48.5 Å². The van der Waals surface area contributed by atoms with Crippen molar-refractivity contribution in [3.63, 3.8) is 0 Å². The highest BCUT2D eigenvalue weighted by Gasteiger charge is 2.30. The van der Waals surface area contributed by atoms with Gasteiger partial charge in [0.25, 0.3) is 11.7 Å². The molecule has 7 nitrogen and oxygen atoms in total. The Morgan fingerprint density at radius 3 is 2.48 bits per heavy atom. The van der Waals surface area contributed by atoms with Gasteiger partial charge in [0.15, 0.2) is 0 Å². The van der Waals surface area contributed by atoms with Crippen LogP contribution < -0.4 is 10.6 Å². The van der Waals surface area contributed by atoms with E-state index in [1.165, 1.54) is 17.7 Å². The largest absolute Gasteiger partial charge is 0.334 e. The van der Waals surface area contributed by atoms with Gasteiger partial charge in [-0.1, -0.05) is 30.3 Å². The van der Waals surface area contributed by atoms with Crippen LogP contribution in [0.25, 0.3) is 0 Å². The summed E-state index contributed by atoms with van der Waals surface area (Å²) in [6, 6.07) is 14.8. The standard InChI is InChI=1S/C22H21N3O4/c26-19-17-13-16(6-7-18(17)24-20(19)27)23-21(28)22(29)25-10-8-15(9-11-25)12-14-4-2-1-3-5-14/h1-7,13,15H,8-12H2,(H,23,28)(H,24,26,27). The molecule has 0 radical (unpaired) electrons. The van der Waals surface area contributed by atoms with Crippen molar-refractivity contribution < 1.29 is 19.2 Å². The third-order valence-corrected chi connectivity index (χ3v) is 5.44. The van der Waals surface area contributed by atoms with Crippen LogP contribution in [0.3, 0.4) is 0 Å². The number of benzene rings is 2. The van der Waals surface area contributed by atoms with Crippen molar-refractivity contribution in [1.82, 2.24) is 4.90 Å². The van der Waals surface area contributed by atoms with Crippen LogP contribution in [0, 0.1) is 5.92 Å². The molecule has 1 saturated heterocycles. The lowest BCUT2D eigenvalue weighted by Crippen LogP contribution is -2.44. The quantitative estimate of drug-likeness (QED) is 0.785. The molecule has 148 valence electrons. The second kappa shape index (κ2) is 7.87. The predicted molar refractivity (Wildman–Crippen MR) is 107 cm³/mol. The zero-order valence-electron chi connectivity index (χ0n) is 15.8. The number of rotatable bonds is 3. The number of carbonyl (C=O) groups excluding carboxylic acids is 4. The number of Topliss-reactive ketones (excluding diaryl/α,β-unsaturated/α-hetero) is 1. The molecular formula is C22H21N3O4. The first-order valence-electron chi connectivity index (χ1n) is 9.65. The molecule has 4 rings (SSSR count). The van der Waals surface area contributed by atoms with E-state index in [0.29, 0.717) is 30.4 Å². The third kappa shape index (κ3) is 4.03. The fourth-order valence-corrected chi connectivity index (χ4v) is 3.84. The van der Waals surface area contributed by atoms with Gasteiger partial charge in [0.2, 0.25) is 0 Å². The first-order chi connectivity index (χ1) is 14.0. The van der Waals surface area contributed by atoms with Crippen molar-refractivity contribution in [2.45, 2.75) is 19.3 Å². The van der Waals surface area contributed by atoms with Crippen LogP contribution in [-0.2, 0) is 20.8 Å². The van der Waals surface area contributed by atoms with Crippen molar-refractivity contribution in [1.29, 1.82) is 0 Å². The van der Waals surface area contributed by atoms with Gasteiger partial charge in [-0.3, -0.25) is 19.2 Å². The highest BCUT2D eigenvalue weighted by molar-refractivity contribution is 6.51. The average molecular weight is 391 g/mol. The maximum Gasteiger partial charge on any atom is 0.313 e. The fourth-order valence-electron chi connectivity index (χ4n) is 3.84. The summed E-state index contributed by atoms with van der Waals surface area (Å²) in [6.45, 7) is 1.09. The van der Waals surface area contributed by atoms with Gasteiger partial charge in [-0.2, -0.15) is 0 Å². The van der Waals surface area contributed by atoms with Crippen molar-refractivity contribution in [3.8, 4) is 0 Å². The molecule has 2 aliphatic heterocycles. The van der Waals surface area contributed by atoms with Crippen LogP contribution >= 0.6 is 0 Å². The third-order valence-electron chi connectivity index (χ3n) is 5.44. The minimum absolute atomic E-state index is 0.196. The van der Waals surface area contributed by atoms with Gasteiger partial charge in [-0.05, 0) is 48.9 Å². The number of hydrogen-bond donors (Lipinski definition) is 2. The van der Waals surface area contributed by atoms with Crippen LogP contribution in [-0.4, -0.2) is 41.5 Å². The number of amides is 3. The zero-order chi connectivity index (χ0) is 20.4. The van der Waals surface area contributed by atoms with Gasteiger partial charge in [0.05, 0.1) is 11.3 Å². The molecule has 0 spiro atoms. The highest BCUT2D eigenvalue weighted by Crippen LogP contribution is 2.26. The van der Waals surface area contributed by atoms with E-state index in [1.54, 1.807) is 11.0 Å². The summed E-state index contributed by atoms with van der Waals surface area (Å²) in [4.78, 5) is 49.6. The van der Waals surface area contributed by atoms with Crippen molar-refractivity contribution >= 4 is 34.9 Å². The first-order valence-corrected chi connectivity index (χ1v) is 9.65. The Labute approximate surface area is 168 Å². The molecule has 0 atom stereocenters. The normalized spacial score (nSPS) is 16.3. The van der Waals surface area contributed by atoms with Crippen LogP contribution in [0.2, 0.25) is 0 Å². The van der Waals surface area contributed by atoms with Crippen molar-refractivity contribution in [2.75, 3.05) is 23.7 Å². The summed E-state index contributed by atoms with van der Waals surface area (Å²) < 4.78 is 0. The Bertz CT molecular complexity index is 979. The molecule has 2 aliphatic rings. The Morgan fingerprint density at radius 2 is 1.76 bits per heavy atom. The Kier molecular flexibility index (Phi) is 5.12. The van der Waals surface area contributed by atoms with Gasteiger partial charge < -0.3 is 15.5 Å². The first kappa shape index (κ1) is 18.9. The van der Waals surface area contributed by atoms with Crippen LogP contribution in [0.5, 0.6) is 0 Å². The van der Waals surface area contributed by atoms with Crippen LogP contribution in [0.1, 0.15) is 28.8 Å². The lowest BCUT2D eigenvalue weighted by atomic mass is 9.90. The summed E-state index contributed by atoms with van der Waals surface area (Å²) >= 11 is 0. The highest BCUT2D eigenvalue weighted by atomic mass is 16.2. The van der Waals surface area contributed by atoms with E-state index in [-0.39, 0.29) is 5.56 Å². The SMILES string of the molecule is O=C1Nc2ccc(NC(=O)C(=O)N3CCC(Cc4ccccc4)CC3)cc2C1=O. The lowest BCUT2D eigenvalue weighted by Gasteiger charge is -2.31. The predicted octanol–water partition coefficient (Wildman–Crippen LogP) is 2.24. The topological polar surface area (TPSA) is 95.6 Å². The van der Waals surface area contributed by atoms with E-state index >= 15 is 0 Å². The summed E-state index contributed by atoms with van der Waals surface area (Å²) in [5.74, 6) is -2.17. The van der Waals surface area contributed by atoms with E-state index in [4.69, 9.17) is 0 Å². The van der Waals surface area contributed by atoms with E-state index < -0.39 is 23.5 Å². The summed E-state index contributed by atoms with van der Waals surface area (Å²) in [5.41, 5.74) is 2.20. The van der Waals surface area contributed by atoms with Gasteiger partial charge in [-0.25, -0.2) is 0 Å². The lowest BCUT2D eigenvalue weighted by molar-refractivity contribution is -0.144. The second-order valence-electron chi connectivity index (χ2n) is 7.42. The molecule has 0 saturated carbocycles. The minimum Gasteiger partial charge on any atom is -0.334 e. The monoisotopic (exact) mass is 391 g/mol. The molecule has 1 fully saturated rings. The maximum atomic E-state index is 12.5. The number of anilines is 2. The summed E-state index contributed by atoms with van der Waals surface area (Å²) in [6.07, 6.45) is 2.69. The van der Waals surface area contributed by atoms with Crippen molar-refractivity contribution in [2.24, 2.45) is 5.92 Å². The number of hydrogen-bond acceptors (Lipinski definition) is 4. The fraction of sp³-hybridized carbons (Fsp3) is 0.273. The number of piperidine rings is 1. The average Bonchev–Trinajstić information content (AvgIpc) is 3.02. The van der Waals surface area contributed by atoms with Gasteiger partial charge >= 0.3 is 11.8 Å². The molecule has 0 bridgehead atoms. The molecule has 2 N–H and O–H groups in total. The molecule has 0 aliphatic carbocycles. The van der Waals surface area contributed by atoms with Crippen LogP contribution in [0.4, 0.5) is 11.4 Å². The molecule has 2 heterocycles. The molecule has 0 unspecified atom stereocenters. The zero-order valence-corrected chi connectivity index (χ0v) is 15.8. The maximum absolute atomic E-state index is 12.5. The molecular weight excluding hydrogens is 370 g/mol. The summed E-state index contributed by atoms with van der Waals surface area (Å²) in [5, 5.41) is 4.98. The number of likely N-dealkylation sites (tertiary alicyclic amines) is 1. The molecule has 7 heteroatoms. The molecule has 2 aromatic carbocycles. The molecule has 29 heavy (non-hydrogen) atoms. The molecule has 2 aromatic rings. The van der Waals surface area contributed by atoms with E-state index in [2.05, 4.69) is 22.8 Å². The van der Waals surface area contributed by atoms with Gasteiger partial charge in [-0.15, -0.1) is 0 Å². The Balaban J connectivity index is 1.32. The number of nitrogens with one attached hydrogen (secondary N) is 2. The number of nitrogens with zero attached hydrogens (tertiary/aromatic N) is 1. The number of carbonyl (C=O) groups is 4. The van der Waals surface area contributed by atoms with E-state index in [0.717, 1.165) is 19.3 Å². The smallest absolute Gasteiger partial charge is 0.313 e. The van der Waals surface area contributed by atoms with E-state index in [9.17, 15) is 19.2 Å². The number of fused-ring (bicyclic) bond motifs is 1. The van der Waals surface area contributed by atoms with Gasteiger partial charge in [0.1, 0.15) is 0 Å². The molecule has 3 amide bonds. The molecule has 0 aromatic heterocycles. The van der Waals surface area contributed by atoms with E-state index in [1.807, 2.05) is 18.2 Å². The van der Waals surface area contributed by atoms with Gasteiger partial charge in [0, 0.05) is 18.8 Å².